The van der Waals surface area contributed by atoms with Crippen LogP contribution in [-0.4, -0.2) is 24.1 Å². The Morgan fingerprint density at radius 3 is 1.32 bits per heavy atom. The smallest absolute Gasteiger partial charge is 0.238 e. The van der Waals surface area contributed by atoms with E-state index in [0.29, 0.717) is 17.6 Å². The molecular weight excluding hydrogens is 683 g/mol. The fourth-order valence-corrected chi connectivity index (χ4v) is 8.23. The SMILES string of the molecule is c1ccc(-c2cc(-c3ccccc3)cc(-n3c4ccccc4c4c3ccc3c5ccccc5n(-c5nc(-c6ccccc6)nc(-c6ccccc6)n5)c34)c2)cc1. The van der Waals surface area contributed by atoms with Gasteiger partial charge >= 0.3 is 0 Å². The highest BCUT2D eigenvalue weighted by Gasteiger charge is 2.23. The Kier molecular flexibility index (Phi) is 7.42. The van der Waals surface area contributed by atoms with Crippen molar-refractivity contribution in [3.8, 4) is 56.7 Å². The molecule has 0 unspecified atom stereocenters. The highest BCUT2D eigenvalue weighted by Crippen LogP contribution is 2.43. The maximum atomic E-state index is 5.25. The standard InChI is InChI=1S/C51H33N5/c1-5-17-34(18-6-1)38-31-39(35-19-7-2-8-20-35)33-40(32-38)55-45-28-16-14-26-43(45)47-46(55)30-29-42-41-25-13-15-27-44(41)56(48(42)47)51-53-49(36-21-9-3-10-22-36)52-50(54-51)37-23-11-4-12-24-37/h1-33H. The molecule has 0 amide bonds. The zero-order valence-corrected chi connectivity index (χ0v) is 30.3. The molecule has 0 bridgehead atoms. The van der Waals surface area contributed by atoms with Crippen LogP contribution in [0.5, 0.6) is 0 Å². The minimum absolute atomic E-state index is 0.575. The number of benzene rings is 8. The number of hydrogen-bond donors (Lipinski definition) is 0. The van der Waals surface area contributed by atoms with Gasteiger partial charge in [-0.3, -0.25) is 4.57 Å². The van der Waals surface area contributed by atoms with Crippen LogP contribution in [0.25, 0.3) is 100 Å². The summed E-state index contributed by atoms with van der Waals surface area (Å²) in [5, 5.41) is 4.58. The fourth-order valence-electron chi connectivity index (χ4n) is 8.23. The molecule has 0 aliphatic rings. The second-order valence-corrected chi connectivity index (χ2v) is 14.1. The third-order valence-corrected chi connectivity index (χ3v) is 10.7. The summed E-state index contributed by atoms with van der Waals surface area (Å²) in [5.41, 5.74) is 12.0. The van der Waals surface area contributed by atoms with Crippen LogP contribution < -0.4 is 0 Å². The Morgan fingerprint density at radius 1 is 0.304 bits per heavy atom. The number of rotatable bonds is 6. The average molecular weight is 716 g/mol. The molecular formula is C51H33N5. The summed E-state index contributed by atoms with van der Waals surface area (Å²) in [6.07, 6.45) is 0. The predicted molar refractivity (Wildman–Crippen MR) is 230 cm³/mol. The number of fused-ring (bicyclic) bond motifs is 7. The van der Waals surface area contributed by atoms with E-state index in [1.807, 2.05) is 36.4 Å². The fraction of sp³-hybridized carbons (Fsp3) is 0. The summed E-state index contributed by atoms with van der Waals surface area (Å²) in [7, 11) is 0. The van der Waals surface area contributed by atoms with E-state index in [4.69, 9.17) is 15.0 Å². The maximum absolute atomic E-state index is 5.25. The van der Waals surface area contributed by atoms with Gasteiger partial charge in [0.15, 0.2) is 11.6 Å². The summed E-state index contributed by atoms with van der Waals surface area (Å²) in [4.78, 5) is 15.5. The van der Waals surface area contributed by atoms with Crippen molar-refractivity contribution in [3.63, 3.8) is 0 Å². The van der Waals surface area contributed by atoms with Crippen LogP contribution >= 0.6 is 0 Å². The van der Waals surface area contributed by atoms with Gasteiger partial charge in [-0.05, 0) is 58.7 Å². The molecule has 0 N–H and O–H groups in total. The molecule has 8 aromatic carbocycles. The molecule has 0 spiro atoms. The molecule has 262 valence electrons. The molecule has 11 aromatic rings. The van der Waals surface area contributed by atoms with Crippen molar-refractivity contribution in [2.75, 3.05) is 0 Å². The molecule has 0 saturated carbocycles. The van der Waals surface area contributed by atoms with Crippen molar-refractivity contribution in [2.24, 2.45) is 0 Å². The first-order valence-corrected chi connectivity index (χ1v) is 18.9. The normalized spacial score (nSPS) is 11.6. The number of hydrogen-bond acceptors (Lipinski definition) is 3. The third-order valence-electron chi connectivity index (χ3n) is 10.7. The van der Waals surface area contributed by atoms with Crippen molar-refractivity contribution < 1.29 is 0 Å². The van der Waals surface area contributed by atoms with Gasteiger partial charge in [0.2, 0.25) is 5.95 Å². The van der Waals surface area contributed by atoms with Crippen LogP contribution in [0.4, 0.5) is 0 Å². The van der Waals surface area contributed by atoms with Gasteiger partial charge in [-0.25, -0.2) is 4.98 Å². The molecule has 56 heavy (non-hydrogen) atoms. The number of nitrogens with zero attached hydrogens (tertiary/aromatic N) is 5. The molecule has 0 fully saturated rings. The Balaban J connectivity index is 1.25. The van der Waals surface area contributed by atoms with Crippen molar-refractivity contribution in [1.29, 1.82) is 0 Å². The van der Waals surface area contributed by atoms with E-state index in [2.05, 4.69) is 173 Å². The van der Waals surface area contributed by atoms with Gasteiger partial charge in [-0.2, -0.15) is 9.97 Å². The first-order valence-electron chi connectivity index (χ1n) is 18.9. The predicted octanol–water partition coefficient (Wildman–Crippen LogP) is 12.7. The Morgan fingerprint density at radius 2 is 0.768 bits per heavy atom. The van der Waals surface area contributed by atoms with Crippen LogP contribution in [0.3, 0.4) is 0 Å². The summed E-state index contributed by atoms with van der Waals surface area (Å²) in [6.45, 7) is 0. The third kappa shape index (κ3) is 5.21. The molecule has 11 rings (SSSR count). The maximum Gasteiger partial charge on any atom is 0.238 e. The molecule has 3 heterocycles. The second-order valence-electron chi connectivity index (χ2n) is 14.1. The quantitative estimate of drug-likeness (QED) is 0.172. The van der Waals surface area contributed by atoms with Gasteiger partial charge in [0, 0.05) is 38.4 Å². The molecule has 0 aliphatic heterocycles. The lowest BCUT2D eigenvalue weighted by molar-refractivity contribution is 0.955. The highest BCUT2D eigenvalue weighted by atomic mass is 15.2. The van der Waals surface area contributed by atoms with Crippen LogP contribution in [0.2, 0.25) is 0 Å². The molecule has 3 aromatic heterocycles. The Labute approximate surface area is 323 Å². The van der Waals surface area contributed by atoms with Gasteiger partial charge in [-0.15, -0.1) is 0 Å². The van der Waals surface area contributed by atoms with Crippen LogP contribution in [0.15, 0.2) is 200 Å². The Hall–Kier alpha value is -7.63. The lowest BCUT2D eigenvalue weighted by Crippen LogP contribution is -2.06. The lowest BCUT2D eigenvalue weighted by atomic mass is 9.98. The second kappa shape index (κ2) is 13.0. The topological polar surface area (TPSA) is 48.5 Å². The molecule has 0 saturated heterocycles. The van der Waals surface area contributed by atoms with E-state index >= 15 is 0 Å². The molecule has 0 aliphatic carbocycles. The summed E-state index contributed by atoms with van der Waals surface area (Å²) in [5.74, 6) is 1.83. The molecule has 0 radical (unpaired) electrons. The van der Waals surface area contributed by atoms with Gasteiger partial charge in [-0.1, -0.05) is 164 Å². The first-order chi connectivity index (χ1) is 27.8. The first kappa shape index (κ1) is 31.9. The van der Waals surface area contributed by atoms with Crippen LogP contribution in [0.1, 0.15) is 0 Å². The van der Waals surface area contributed by atoms with Gasteiger partial charge in [0.25, 0.3) is 0 Å². The average Bonchev–Trinajstić information content (AvgIpc) is 3.80. The minimum atomic E-state index is 0.575. The monoisotopic (exact) mass is 715 g/mol. The van der Waals surface area contributed by atoms with E-state index < -0.39 is 0 Å². The van der Waals surface area contributed by atoms with Crippen molar-refractivity contribution >= 4 is 43.6 Å². The minimum Gasteiger partial charge on any atom is -0.309 e. The largest absolute Gasteiger partial charge is 0.309 e. The lowest BCUT2D eigenvalue weighted by Gasteiger charge is -2.14. The van der Waals surface area contributed by atoms with Gasteiger partial charge in [0.1, 0.15) is 0 Å². The van der Waals surface area contributed by atoms with Gasteiger partial charge in [0.05, 0.1) is 22.1 Å². The zero-order valence-electron chi connectivity index (χ0n) is 30.3. The Bertz CT molecular complexity index is 3110. The van der Waals surface area contributed by atoms with E-state index in [0.717, 1.165) is 71.6 Å². The highest BCUT2D eigenvalue weighted by molar-refractivity contribution is 6.26. The molecule has 5 heteroatoms. The van der Waals surface area contributed by atoms with Crippen molar-refractivity contribution in [2.45, 2.75) is 0 Å². The molecule has 0 atom stereocenters. The molecule has 5 nitrogen and oxygen atoms in total. The number of aromatic nitrogens is 5. The summed E-state index contributed by atoms with van der Waals surface area (Å²) >= 11 is 0. The zero-order chi connectivity index (χ0) is 37.0. The van der Waals surface area contributed by atoms with E-state index in [1.54, 1.807) is 0 Å². The van der Waals surface area contributed by atoms with Crippen molar-refractivity contribution in [1.82, 2.24) is 24.1 Å². The van der Waals surface area contributed by atoms with Gasteiger partial charge < -0.3 is 4.57 Å². The van der Waals surface area contributed by atoms with E-state index in [-0.39, 0.29) is 0 Å². The summed E-state index contributed by atoms with van der Waals surface area (Å²) < 4.78 is 4.67. The van der Waals surface area contributed by atoms with Crippen molar-refractivity contribution in [3.05, 3.63) is 200 Å². The van der Waals surface area contributed by atoms with Crippen LogP contribution in [-0.2, 0) is 0 Å². The van der Waals surface area contributed by atoms with Crippen LogP contribution in [0, 0.1) is 0 Å². The summed E-state index contributed by atoms with van der Waals surface area (Å²) in [6, 6.07) is 70.4. The number of para-hydroxylation sites is 2. The van der Waals surface area contributed by atoms with E-state index in [1.165, 1.54) is 11.1 Å². The van der Waals surface area contributed by atoms with E-state index in [9.17, 15) is 0 Å².